The van der Waals surface area contributed by atoms with Gasteiger partial charge >= 0.3 is 0 Å². The lowest BCUT2D eigenvalue weighted by molar-refractivity contribution is 0.102. The molecule has 0 bridgehead atoms. The van der Waals surface area contributed by atoms with Crippen molar-refractivity contribution in [2.45, 2.75) is 0 Å². The maximum absolute atomic E-state index is 12.4. The van der Waals surface area contributed by atoms with Crippen LogP contribution in [0.3, 0.4) is 0 Å². The lowest BCUT2D eigenvalue weighted by atomic mass is 10.1. The number of hydrogen-bond donors (Lipinski definition) is 1. The summed E-state index contributed by atoms with van der Waals surface area (Å²) < 4.78 is 6.91. The fraction of sp³-hybridized carbons (Fsp3) is 0. The summed E-state index contributed by atoms with van der Waals surface area (Å²) in [6, 6.07) is 12.7. The Hall–Kier alpha value is -3.05. The molecule has 5 nitrogen and oxygen atoms in total. The first kappa shape index (κ1) is 14.5. The second-order valence-corrected chi connectivity index (χ2v) is 5.66. The number of para-hydroxylation sites is 1. The number of carbonyl (C=O) groups is 1. The van der Waals surface area contributed by atoms with Crippen LogP contribution in [-0.2, 0) is 0 Å². The van der Waals surface area contributed by atoms with E-state index in [1.165, 1.54) is 0 Å². The fourth-order valence-corrected chi connectivity index (χ4v) is 2.63. The number of hydrogen-bond acceptors (Lipinski definition) is 3. The third-order valence-corrected chi connectivity index (χ3v) is 3.99. The van der Waals surface area contributed by atoms with E-state index in [0.29, 0.717) is 22.1 Å². The van der Waals surface area contributed by atoms with Gasteiger partial charge in [-0.25, -0.2) is 4.98 Å². The summed E-state index contributed by atoms with van der Waals surface area (Å²) in [5.41, 5.74) is 3.51. The van der Waals surface area contributed by atoms with E-state index in [0.717, 1.165) is 11.1 Å². The van der Waals surface area contributed by atoms with Gasteiger partial charge in [-0.1, -0.05) is 23.7 Å². The lowest BCUT2D eigenvalue weighted by Gasteiger charge is -2.04. The molecule has 0 aliphatic carbocycles. The third kappa shape index (κ3) is 2.66. The molecule has 3 aromatic heterocycles. The van der Waals surface area contributed by atoms with Crippen molar-refractivity contribution in [3.63, 3.8) is 0 Å². The minimum absolute atomic E-state index is 0.309. The molecule has 0 aliphatic rings. The molecule has 4 rings (SSSR count). The fourth-order valence-electron chi connectivity index (χ4n) is 2.45. The highest BCUT2D eigenvalue weighted by Crippen LogP contribution is 2.22. The van der Waals surface area contributed by atoms with E-state index >= 15 is 0 Å². The van der Waals surface area contributed by atoms with Gasteiger partial charge in [-0.05, 0) is 30.3 Å². The first-order valence-corrected chi connectivity index (χ1v) is 7.66. The van der Waals surface area contributed by atoms with Crippen LogP contribution in [0, 0.1) is 0 Å². The lowest BCUT2D eigenvalue weighted by Crippen LogP contribution is -2.12. The monoisotopic (exact) mass is 337 g/mol. The zero-order valence-corrected chi connectivity index (χ0v) is 13.2. The van der Waals surface area contributed by atoms with Crippen molar-refractivity contribution in [1.82, 2.24) is 9.38 Å². The van der Waals surface area contributed by atoms with E-state index in [1.807, 2.05) is 34.9 Å². The maximum Gasteiger partial charge on any atom is 0.275 e. The molecule has 0 aliphatic heterocycles. The molecule has 0 saturated carbocycles. The molecule has 24 heavy (non-hydrogen) atoms. The zero-order chi connectivity index (χ0) is 16.5. The first-order chi connectivity index (χ1) is 11.7. The van der Waals surface area contributed by atoms with Crippen LogP contribution in [0.1, 0.15) is 10.5 Å². The molecule has 4 aromatic rings. The highest BCUT2D eigenvalue weighted by Gasteiger charge is 2.13. The number of fused-ring (bicyclic) bond motifs is 1. The smallest absolute Gasteiger partial charge is 0.275 e. The number of halogens is 1. The Morgan fingerprint density at radius 3 is 2.75 bits per heavy atom. The number of imidazole rings is 1. The second-order valence-electron chi connectivity index (χ2n) is 5.26. The molecular formula is C18H12ClN3O2. The number of anilines is 1. The predicted octanol–water partition coefficient (Wildman–Crippen LogP) is 4.50. The number of amides is 1. The average Bonchev–Trinajstić information content (AvgIpc) is 3.25. The largest absolute Gasteiger partial charge is 0.472 e. The predicted molar refractivity (Wildman–Crippen MR) is 92.3 cm³/mol. The summed E-state index contributed by atoms with van der Waals surface area (Å²) in [7, 11) is 0. The number of carbonyl (C=O) groups excluding carboxylic acids is 1. The molecule has 0 spiro atoms. The van der Waals surface area contributed by atoms with Crippen LogP contribution >= 0.6 is 11.6 Å². The van der Waals surface area contributed by atoms with Crippen LogP contribution in [0.5, 0.6) is 0 Å². The van der Waals surface area contributed by atoms with Crippen molar-refractivity contribution in [3.05, 3.63) is 78.1 Å². The van der Waals surface area contributed by atoms with Gasteiger partial charge in [0.25, 0.3) is 5.91 Å². The summed E-state index contributed by atoms with van der Waals surface area (Å²) in [6.45, 7) is 0. The Labute approximate surface area is 142 Å². The average molecular weight is 338 g/mol. The van der Waals surface area contributed by atoms with Gasteiger partial charge in [-0.15, -0.1) is 0 Å². The number of nitrogens with one attached hydrogen (secondary N) is 1. The van der Waals surface area contributed by atoms with Crippen LogP contribution < -0.4 is 5.32 Å². The molecule has 1 aromatic carbocycles. The molecule has 118 valence electrons. The minimum atomic E-state index is -0.309. The summed E-state index contributed by atoms with van der Waals surface area (Å²) >= 11 is 6.06. The zero-order valence-electron chi connectivity index (χ0n) is 12.4. The Bertz CT molecular complexity index is 1020. The summed E-state index contributed by atoms with van der Waals surface area (Å²) in [6.07, 6.45) is 6.88. The molecule has 0 radical (unpaired) electrons. The van der Waals surface area contributed by atoms with Gasteiger partial charge in [-0.3, -0.25) is 4.79 Å². The summed E-state index contributed by atoms with van der Waals surface area (Å²) in [5.74, 6) is -0.309. The number of furan rings is 1. The van der Waals surface area contributed by atoms with Gasteiger partial charge < -0.3 is 14.1 Å². The number of nitrogens with zero attached hydrogens (tertiary/aromatic N) is 2. The molecule has 0 fully saturated rings. The van der Waals surface area contributed by atoms with Crippen molar-refractivity contribution in [2.24, 2.45) is 0 Å². The topological polar surface area (TPSA) is 59.5 Å². The SMILES string of the molecule is O=C(Nc1ccccc1Cl)c1cn2cc(-c3ccoc3)ccc2n1. The van der Waals surface area contributed by atoms with Gasteiger partial charge in [0.15, 0.2) is 0 Å². The highest BCUT2D eigenvalue weighted by molar-refractivity contribution is 6.33. The van der Waals surface area contributed by atoms with Crippen LogP contribution in [-0.4, -0.2) is 15.3 Å². The van der Waals surface area contributed by atoms with E-state index in [1.54, 1.807) is 36.9 Å². The van der Waals surface area contributed by atoms with Gasteiger partial charge in [0, 0.05) is 23.5 Å². The van der Waals surface area contributed by atoms with Crippen molar-refractivity contribution < 1.29 is 9.21 Å². The molecule has 1 N–H and O–H groups in total. The van der Waals surface area contributed by atoms with E-state index < -0.39 is 0 Å². The molecule has 1 amide bonds. The van der Waals surface area contributed by atoms with Gasteiger partial charge in [0.1, 0.15) is 11.3 Å². The maximum atomic E-state index is 12.4. The number of aromatic nitrogens is 2. The standard InChI is InChI=1S/C18H12ClN3O2/c19-14-3-1-2-4-15(14)21-18(23)16-10-22-9-12(5-6-17(22)20-16)13-7-8-24-11-13/h1-11H,(H,21,23). The number of pyridine rings is 1. The Morgan fingerprint density at radius 2 is 1.96 bits per heavy atom. The van der Waals surface area contributed by atoms with Crippen molar-refractivity contribution in [2.75, 3.05) is 5.32 Å². The Morgan fingerprint density at radius 1 is 1.08 bits per heavy atom. The van der Waals surface area contributed by atoms with E-state index in [4.69, 9.17) is 16.0 Å². The van der Waals surface area contributed by atoms with E-state index in [-0.39, 0.29) is 5.91 Å². The number of benzene rings is 1. The van der Waals surface area contributed by atoms with Crippen LogP contribution in [0.25, 0.3) is 16.8 Å². The quantitative estimate of drug-likeness (QED) is 0.598. The summed E-state index contributed by atoms with van der Waals surface area (Å²) in [5, 5.41) is 3.25. The first-order valence-electron chi connectivity index (χ1n) is 7.28. The molecule has 0 unspecified atom stereocenters. The normalized spacial score (nSPS) is 10.9. The van der Waals surface area contributed by atoms with Crippen LogP contribution in [0.2, 0.25) is 5.02 Å². The summed E-state index contributed by atoms with van der Waals surface area (Å²) in [4.78, 5) is 16.7. The van der Waals surface area contributed by atoms with Crippen molar-refractivity contribution in [3.8, 4) is 11.1 Å². The molecular weight excluding hydrogens is 326 g/mol. The van der Waals surface area contributed by atoms with Crippen molar-refractivity contribution in [1.29, 1.82) is 0 Å². The molecule has 3 heterocycles. The number of rotatable bonds is 3. The highest BCUT2D eigenvalue weighted by atomic mass is 35.5. The molecule has 0 atom stereocenters. The van der Waals surface area contributed by atoms with Crippen LogP contribution in [0.4, 0.5) is 5.69 Å². The second kappa shape index (κ2) is 5.86. The van der Waals surface area contributed by atoms with Gasteiger partial charge in [0.05, 0.1) is 23.2 Å². The van der Waals surface area contributed by atoms with E-state index in [2.05, 4.69) is 10.3 Å². The van der Waals surface area contributed by atoms with E-state index in [9.17, 15) is 4.79 Å². The Balaban J connectivity index is 1.65. The van der Waals surface area contributed by atoms with Gasteiger partial charge in [-0.2, -0.15) is 0 Å². The van der Waals surface area contributed by atoms with Gasteiger partial charge in [0.2, 0.25) is 0 Å². The third-order valence-electron chi connectivity index (χ3n) is 3.66. The minimum Gasteiger partial charge on any atom is -0.472 e. The van der Waals surface area contributed by atoms with Crippen LogP contribution in [0.15, 0.2) is 71.8 Å². The molecule has 0 saturated heterocycles. The molecule has 6 heteroatoms. The van der Waals surface area contributed by atoms with Crippen molar-refractivity contribution >= 4 is 28.8 Å². The Kier molecular flexibility index (Phi) is 3.55.